The van der Waals surface area contributed by atoms with E-state index in [4.69, 9.17) is 4.42 Å². The van der Waals surface area contributed by atoms with E-state index in [9.17, 15) is 8.42 Å². The van der Waals surface area contributed by atoms with Gasteiger partial charge in [-0.2, -0.15) is 4.98 Å². The Morgan fingerprint density at radius 2 is 1.80 bits per heavy atom. The summed E-state index contributed by atoms with van der Waals surface area (Å²) in [6.07, 6.45) is 1.62. The second-order valence-corrected chi connectivity index (χ2v) is 7.37. The Kier molecular flexibility index (Phi) is 4.72. The molecule has 1 N–H and O–H groups in total. The van der Waals surface area contributed by atoms with Gasteiger partial charge in [-0.25, -0.2) is 8.42 Å². The van der Waals surface area contributed by atoms with E-state index in [1.807, 2.05) is 31.2 Å². The van der Waals surface area contributed by atoms with Crippen LogP contribution in [0.15, 0.2) is 81.6 Å². The smallest absolute Gasteiger partial charge is 0.234 e. The molecule has 25 heavy (non-hydrogen) atoms. The zero-order valence-corrected chi connectivity index (χ0v) is 14.6. The summed E-state index contributed by atoms with van der Waals surface area (Å²) in [6.45, 7) is 5.96. The Balaban J connectivity index is 2.11. The van der Waals surface area contributed by atoms with Crippen molar-refractivity contribution in [1.29, 1.82) is 0 Å². The number of benzene rings is 2. The minimum atomic E-state index is -3.80. The zero-order valence-electron chi connectivity index (χ0n) is 13.8. The summed E-state index contributed by atoms with van der Waals surface area (Å²) < 4.78 is 31.6. The molecular formula is C19H18N2O3S. The van der Waals surface area contributed by atoms with Crippen LogP contribution in [-0.4, -0.2) is 19.9 Å². The molecule has 1 heterocycles. The SMILES string of the molecule is C=CCNc1oc(-c2ccc(C)cc2)nc1S(=O)(=O)c1ccccc1. The van der Waals surface area contributed by atoms with Crippen molar-refractivity contribution in [2.24, 2.45) is 0 Å². The maximum Gasteiger partial charge on any atom is 0.234 e. The van der Waals surface area contributed by atoms with Crippen molar-refractivity contribution in [3.05, 3.63) is 72.8 Å². The van der Waals surface area contributed by atoms with E-state index < -0.39 is 9.84 Å². The summed E-state index contributed by atoms with van der Waals surface area (Å²) >= 11 is 0. The monoisotopic (exact) mass is 354 g/mol. The van der Waals surface area contributed by atoms with Gasteiger partial charge >= 0.3 is 0 Å². The van der Waals surface area contributed by atoms with Crippen molar-refractivity contribution < 1.29 is 12.8 Å². The number of aryl methyl sites for hydroxylation is 1. The van der Waals surface area contributed by atoms with Gasteiger partial charge in [-0.1, -0.05) is 42.0 Å². The molecule has 0 saturated carbocycles. The van der Waals surface area contributed by atoms with Crippen LogP contribution >= 0.6 is 0 Å². The highest BCUT2D eigenvalue weighted by atomic mass is 32.2. The molecule has 0 unspecified atom stereocenters. The highest BCUT2D eigenvalue weighted by Crippen LogP contribution is 2.32. The van der Waals surface area contributed by atoms with Gasteiger partial charge in [-0.05, 0) is 31.2 Å². The van der Waals surface area contributed by atoms with E-state index in [0.29, 0.717) is 12.1 Å². The molecule has 3 rings (SSSR count). The lowest BCUT2D eigenvalue weighted by atomic mass is 10.1. The first-order valence-corrected chi connectivity index (χ1v) is 9.23. The standard InChI is InChI=1S/C19H18N2O3S/c1-3-13-20-18-19(25(22,23)16-7-5-4-6-8-16)21-17(24-18)15-11-9-14(2)10-12-15/h3-12,20H,1,13H2,2H3. The van der Waals surface area contributed by atoms with Crippen molar-refractivity contribution >= 4 is 15.7 Å². The Labute approximate surface area is 147 Å². The summed E-state index contributed by atoms with van der Waals surface area (Å²) in [5.74, 6) is 0.361. The number of hydrogen-bond acceptors (Lipinski definition) is 5. The van der Waals surface area contributed by atoms with E-state index in [-0.39, 0.29) is 21.7 Å². The normalized spacial score (nSPS) is 11.2. The van der Waals surface area contributed by atoms with Crippen LogP contribution in [0.5, 0.6) is 0 Å². The average molecular weight is 354 g/mol. The van der Waals surface area contributed by atoms with Gasteiger partial charge in [0.1, 0.15) is 0 Å². The van der Waals surface area contributed by atoms with Crippen molar-refractivity contribution in [3.63, 3.8) is 0 Å². The van der Waals surface area contributed by atoms with Crippen LogP contribution < -0.4 is 5.32 Å². The molecule has 2 aromatic carbocycles. The van der Waals surface area contributed by atoms with E-state index in [1.165, 1.54) is 12.1 Å². The molecule has 0 saturated heterocycles. The molecule has 0 spiro atoms. The number of sulfone groups is 1. The zero-order chi connectivity index (χ0) is 17.9. The molecule has 0 radical (unpaired) electrons. The molecule has 6 heteroatoms. The third-order valence-corrected chi connectivity index (χ3v) is 5.29. The summed E-state index contributed by atoms with van der Waals surface area (Å²) in [4.78, 5) is 4.43. The summed E-state index contributed by atoms with van der Waals surface area (Å²) in [5, 5.41) is 2.79. The Bertz CT molecular complexity index is 975. The van der Waals surface area contributed by atoms with Crippen LogP contribution in [0.4, 0.5) is 5.88 Å². The molecule has 3 aromatic rings. The summed E-state index contributed by atoms with van der Waals surface area (Å²) in [6, 6.07) is 15.7. The number of aromatic nitrogens is 1. The van der Waals surface area contributed by atoms with Crippen LogP contribution in [-0.2, 0) is 9.84 Å². The van der Waals surface area contributed by atoms with E-state index in [2.05, 4.69) is 16.9 Å². The predicted molar refractivity (Wildman–Crippen MR) is 97.3 cm³/mol. The van der Waals surface area contributed by atoms with Crippen molar-refractivity contribution in [1.82, 2.24) is 4.98 Å². The molecule has 0 bridgehead atoms. The molecule has 0 aliphatic rings. The van der Waals surface area contributed by atoms with Gasteiger partial charge in [0.15, 0.2) is 0 Å². The lowest BCUT2D eigenvalue weighted by Crippen LogP contribution is -2.07. The van der Waals surface area contributed by atoms with Crippen LogP contribution in [0.3, 0.4) is 0 Å². The quantitative estimate of drug-likeness (QED) is 0.675. The first-order valence-electron chi connectivity index (χ1n) is 7.75. The van der Waals surface area contributed by atoms with Gasteiger partial charge < -0.3 is 9.73 Å². The highest BCUT2D eigenvalue weighted by Gasteiger charge is 2.28. The molecule has 5 nitrogen and oxygen atoms in total. The maximum absolute atomic E-state index is 12.9. The minimum absolute atomic E-state index is 0.110. The number of oxazole rings is 1. The minimum Gasteiger partial charge on any atom is -0.419 e. The fraction of sp³-hybridized carbons (Fsp3) is 0.105. The Hall–Kier alpha value is -2.86. The number of nitrogens with one attached hydrogen (secondary N) is 1. The molecule has 1 aromatic heterocycles. The number of rotatable bonds is 6. The van der Waals surface area contributed by atoms with Crippen LogP contribution in [0.2, 0.25) is 0 Å². The van der Waals surface area contributed by atoms with Crippen molar-refractivity contribution in [3.8, 4) is 11.5 Å². The molecule has 0 amide bonds. The van der Waals surface area contributed by atoms with Gasteiger partial charge in [0.25, 0.3) is 0 Å². The van der Waals surface area contributed by atoms with Gasteiger partial charge in [0.2, 0.25) is 26.6 Å². The average Bonchev–Trinajstić information content (AvgIpc) is 3.06. The molecule has 0 atom stereocenters. The van der Waals surface area contributed by atoms with E-state index >= 15 is 0 Å². The number of hydrogen-bond donors (Lipinski definition) is 1. The highest BCUT2D eigenvalue weighted by molar-refractivity contribution is 7.91. The van der Waals surface area contributed by atoms with Gasteiger partial charge in [-0.3, -0.25) is 0 Å². The fourth-order valence-electron chi connectivity index (χ4n) is 2.30. The number of anilines is 1. The second kappa shape index (κ2) is 6.94. The van der Waals surface area contributed by atoms with Crippen LogP contribution in [0.25, 0.3) is 11.5 Å². The largest absolute Gasteiger partial charge is 0.419 e. The third-order valence-electron chi connectivity index (χ3n) is 3.61. The topological polar surface area (TPSA) is 72.2 Å². The third kappa shape index (κ3) is 3.49. The summed E-state index contributed by atoms with van der Waals surface area (Å²) in [7, 11) is -3.80. The first-order chi connectivity index (χ1) is 12.0. The maximum atomic E-state index is 12.9. The molecule has 128 valence electrons. The lowest BCUT2D eigenvalue weighted by molar-refractivity contribution is 0.579. The van der Waals surface area contributed by atoms with E-state index in [1.54, 1.807) is 24.3 Å². The fourth-order valence-corrected chi connectivity index (χ4v) is 3.60. The van der Waals surface area contributed by atoms with Crippen molar-refractivity contribution in [2.45, 2.75) is 16.8 Å². The molecule has 0 aliphatic heterocycles. The van der Waals surface area contributed by atoms with Gasteiger partial charge in [0.05, 0.1) is 4.90 Å². The van der Waals surface area contributed by atoms with Crippen LogP contribution in [0, 0.1) is 6.92 Å². The second-order valence-electron chi connectivity index (χ2n) is 5.51. The first kappa shape index (κ1) is 17.0. The predicted octanol–water partition coefficient (Wildman–Crippen LogP) is 4.08. The lowest BCUT2D eigenvalue weighted by Gasteiger charge is -2.03. The Morgan fingerprint density at radius 1 is 1.12 bits per heavy atom. The van der Waals surface area contributed by atoms with Gasteiger partial charge in [0, 0.05) is 12.1 Å². The van der Waals surface area contributed by atoms with E-state index in [0.717, 1.165) is 5.56 Å². The Morgan fingerprint density at radius 3 is 2.44 bits per heavy atom. The molecule has 0 aliphatic carbocycles. The van der Waals surface area contributed by atoms with Gasteiger partial charge in [-0.15, -0.1) is 6.58 Å². The van der Waals surface area contributed by atoms with Crippen molar-refractivity contribution in [2.75, 3.05) is 11.9 Å². The molecular weight excluding hydrogens is 336 g/mol. The molecule has 0 fully saturated rings. The number of nitrogens with zero attached hydrogens (tertiary/aromatic N) is 1. The summed E-state index contributed by atoms with van der Waals surface area (Å²) in [5.41, 5.74) is 1.80. The van der Waals surface area contributed by atoms with Crippen LogP contribution in [0.1, 0.15) is 5.56 Å².